The van der Waals surface area contributed by atoms with Crippen LogP contribution in [0.15, 0.2) is 24.3 Å². The van der Waals surface area contributed by atoms with Gasteiger partial charge >= 0.3 is 0 Å². The van der Waals surface area contributed by atoms with Crippen molar-refractivity contribution in [3.63, 3.8) is 0 Å². The molecule has 3 rings (SSSR count). The van der Waals surface area contributed by atoms with E-state index in [1.54, 1.807) is 0 Å². The van der Waals surface area contributed by atoms with E-state index in [1.165, 1.54) is 25.7 Å². The van der Waals surface area contributed by atoms with Crippen LogP contribution in [0.1, 0.15) is 25.7 Å². The van der Waals surface area contributed by atoms with E-state index in [2.05, 4.69) is 4.98 Å². The predicted octanol–water partition coefficient (Wildman–Crippen LogP) is 2.58. The van der Waals surface area contributed by atoms with Gasteiger partial charge in [0.05, 0.1) is 23.7 Å². The van der Waals surface area contributed by atoms with Crippen LogP contribution in [0.25, 0.3) is 11.0 Å². The molecule has 0 aliphatic heterocycles. The molecule has 96 valence electrons. The SMILES string of the molecule is Nc1nc2ccccc2n1CCOC1CCCC1. The highest BCUT2D eigenvalue weighted by Gasteiger charge is 2.15. The van der Waals surface area contributed by atoms with Crippen molar-refractivity contribution in [3.8, 4) is 0 Å². The lowest BCUT2D eigenvalue weighted by atomic mass is 10.3. The van der Waals surface area contributed by atoms with Crippen molar-refractivity contribution in [1.29, 1.82) is 0 Å². The van der Waals surface area contributed by atoms with Crippen LogP contribution in [-0.2, 0) is 11.3 Å². The first-order valence-electron chi connectivity index (χ1n) is 6.67. The van der Waals surface area contributed by atoms with Crippen molar-refractivity contribution in [2.24, 2.45) is 0 Å². The molecule has 2 N–H and O–H groups in total. The minimum Gasteiger partial charge on any atom is -0.376 e. The van der Waals surface area contributed by atoms with Gasteiger partial charge in [0.2, 0.25) is 5.95 Å². The molecule has 0 amide bonds. The fourth-order valence-corrected chi connectivity index (χ4v) is 2.69. The molecule has 0 bridgehead atoms. The maximum atomic E-state index is 5.94. The van der Waals surface area contributed by atoms with E-state index in [0.717, 1.165) is 24.2 Å². The first kappa shape index (κ1) is 11.5. The minimum absolute atomic E-state index is 0.459. The zero-order valence-electron chi connectivity index (χ0n) is 10.5. The summed E-state index contributed by atoms with van der Waals surface area (Å²) < 4.78 is 7.91. The number of benzene rings is 1. The molecule has 4 nitrogen and oxygen atoms in total. The standard InChI is InChI=1S/C14H19N3O/c15-14-16-12-7-3-4-8-13(12)17(14)9-10-18-11-5-1-2-6-11/h3-4,7-8,11H,1-2,5-6,9-10H2,(H2,15,16). The minimum atomic E-state index is 0.459. The smallest absolute Gasteiger partial charge is 0.201 e. The first-order chi connectivity index (χ1) is 8.84. The molecule has 1 aromatic heterocycles. The lowest BCUT2D eigenvalue weighted by Gasteiger charge is -2.12. The van der Waals surface area contributed by atoms with Gasteiger partial charge in [-0.3, -0.25) is 0 Å². The van der Waals surface area contributed by atoms with Crippen LogP contribution in [0.5, 0.6) is 0 Å². The van der Waals surface area contributed by atoms with Crippen molar-refractivity contribution in [2.45, 2.75) is 38.3 Å². The van der Waals surface area contributed by atoms with Crippen LogP contribution >= 0.6 is 0 Å². The Balaban J connectivity index is 1.68. The molecule has 2 aromatic rings. The number of rotatable bonds is 4. The van der Waals surface area contributed by atoms with Crippen LogP contribution in [-0.4, -0.2) is 22.3 Å². The second kappa shape index (κ2) is 4.98. The van der Waals surface area contributed by atoms with Crippen molar-refractivity contribution >= 4 is 17.0 Å². The Morgan fingerprint density at radius 1 is 1.28 bits per heavy atom. The number of fused-ring (bicyclic) bond motifs is 1. The van der Waals surface area contributed by atoms with Crippen LogP contribution < -0.4 is 5.73 Å². The Hall–Kier alpha value is -1.55. The van der Waals surface area contributed by atoms with Gasteiger partial charge in [0.25, 0.3) is 0 Å². The molecule has 1 aliphatic rings. The Bertz CT molecular complexity index is 529. The topological polar surface area (TPSA) is 53.1 Å². The molecular formula is C14H19N3O. The van der Waals surface area contributed by atoms with Gasteiger partial charge < -0.3 is 15.0 Å². The predicted molar refractivity (Wildman–Crippen MR) is 72.4 cm³/mol. The summed E-state index contributed by atoms with van der Waals surface area (Å²) in [5.74, 6) is 0.575. The van der Waals surface area contributed by atoms with Crippen LogP contribution in [0.4, 0.5) is 5.95 Å². The molecule has 1 fully saturated rings. The number of nitrogens with zero attached hydrogens (tertiary/aromatic N) is 2. The molecule has 0 spiro atoms. The van der Waals surface area contributed by atoms with Gasteiger partial charge in [0.1, 0.15) is 0 Å². The molecule has 0 atom stereocenters. The second-order valence-corrected chi connectivity index (χ2v) is 4.89. The number of imidazole rings is 1. The highest BCUT2D eigenvalue weighted by Crippen LogP contribution is 2.21. The van der Waals surface area contributed by atoms with Gasteiger partial charge in [-0.1, -0.05) is 25.0 Å². The first-order valence-corrected chi connectivity index (χ1v) is 6.67. The van der Waals surface area contributed by atoms with E-state index in [0.29, 0.717) is 12.1 Å². The number of nitrogens with two attached hydrogens (primary N) is 1. The summed E-state index contributed by atoms with van der Waals surface area (Å²) in [6, 6.07) is 8.03. The summed E-state index contributed by atoms with van der Waals surface area (Å²) in [7, 11) is 0. The van der Waals surface area contributed by atoms with E-state index < -0.39 is 0 Å². The van der Waals surface area contributed by atoms with E-state index in [9.17, 15) is 0 Å². The normalized spacial score (nSPS) is 16.7. The molecule has 0 unspecified atom stereocenters. The van der Waals surface area contributed by atoms with Crippen LogP contribution in [0.3, 0.4) is 0 Å². The highest BCUT2D eigenvalue weighted by molar-refractivity contribution is 5.78. The molecule has 0 radical (unpaired) electrons. The number of anilines is 1. The fourth-order valence-electron chi connectivity index (χ4n) is 2.69. The lowest BCUT2D eigenvalue weighted by Crippen LogP contribution is -2.14. The largest absolute Gasteiger partial charge is 0.376 e. The number of hydrogen-bond donors (Lipinski definition) is 1. The number of hydrogen-bond acceptors (Lipinski definition) is 3. The van der Waals surface area contributed by atoms with Crippen molar-refractivity contribution in [3.05, 3.63) is 24.3 Å². The molecular weight excluding hydrogens is 226 g/mol. The van der Waals surface area contributed by atoms with Gasteiger partial charge in [-0.2, -0.15) is 0 Å². The maximum absolute atomic E-state index is 5.94. The molecule has 0 saturated heterocycles. The third kappa shape index (κ3) is 2.20. The van der Waals surface area contributed by atoms with Crippen molar-refractivity contribution in [2.75, 3.05) is 12.3 Å². The Kier molecular flexibility index (Phi) is 3.19. The van der Waals surface area contributed by atoms with Gasteiger partial charge in [-0.15, -0.1) is 0 Å². The monoisotopic (exact) mass is 245 g/mol. The third-order valence-corrected chi connectivity index (χ3v) is 3.65. The average Bonchev–Trinajstić information content (AvgIpc) is 2.98. The van der Waals surface area contributed by atoms with Crippen LogP contribution in [0.2, 0.25) is 0 Å². The summed E-state index contributed by atoms with van der Waals surface area (Å²) in [6.45, 7) is 1.50. The third-order valence-electron chi connectivity index (χ3n) is 3.65. The molecule has 1 aliphatic carbocycles. The summed E-state index contributed by atoms with van der Waals surface area (Å²) >= 11 is 0. The van der Waals surface area contributed by atoms with Crippen molar-refractivity contribution < 1.29 is 4.74 Å². The maximum Gasteiger partial charge on any atom is 0.201 e. The molecule has 1 saturated carbocycles. The van der Waals surface area contributed by atoms with Crippen molar-refractivity contribution in [1.82, 2.24) is 9.55 Å². The Morgan fingerprint density at radius 3 is 2.89 bits per heavy atom. The highest BCUT2D eigenvalue weighted by atomic mass is 16.5. The fraction of sp³-hybridized carbons (Fsp3) is 0.500. The van der Waals surface area contributed by atoms with E-state index >= 15 is 0 Å². The van der Waals surface area contributed by atoms with Gasteiger partial charge in [0.15, 0.2) is 0 Å². The zero-order chi connectivity index (χ0) is 12.4. The number of ether oxygens (including phenoxy) is 1. The van der Waals surface area contributed by atoms with Gasteiger partial charge in [-0.25, -0.2) is 4.98 Å². The number of para-hydroxylation sites is 2. The number of aromatic nitrogens is 2. The van der Waals surface area contributed by atoms with Gasteiger partial charge in [0, 0.05) is 6.54 Å². The summed E-state index contributed by atoms with van der Waals surface area (Å²) in [5.41, 5.74) is 7.99. The molecule has 1 aromatic carbocycles. The average molecular weight is 245 g/mol. The van der Waals surface area contributed by atoms with E-state index in [-0.39, 0.29) is 0 Å². The van der Waals surface area contributed by atoms with Crippen LogP contribution in [0, 0.1) is 0 Å². The van der Waals surface area contributed by atoms with Gasteiger partial charge in [-0.05, 0) is 25.0 Å². The van der Waals surface area contributed by atoms with E-state index in [1.807, 2.05) is 28.8 Å². The quantitative estimate of drug-likeness (QED) is 0.900. The Labute approximate surface area is 107 Å². The summed E-state index contributed by atoms with van der Waals surface area (Å²) in [4.78, 5) is 4.35. The summed E-state index contributed by atoms with van der Waals surface area (Å²) in [5, 5.41) is 0. The van der Waals surface area contributed by atoms with E-state index in [4.69, 9.17) is 10.5 Å². The summed E-state index contributed by atoms with van der Waals surface area (Å²) in [6.07, 6.45) is 5.49. The lowest BCUT2D eigenvalue weighted by molar-refractivity contribution is 0.0537. The molecule has 1 heterocycles. The molecule has 4 heteroatoms. The zero-order valence-corrected chi connectivity index (χ0v) is 10.5. The molecule has 18 heavy (non-hydrogen) atoms. The second-order valence-electron chi connectivity index (χ2n) is 4.89. The Morgan fingerprint density at radius 2 is 2.06 bits per heavy atom. The number of nitrogen functional groups attached to an aromatic ring is 1.